The first kappa shape index (κ1) is 17.3. The Morgan fingerprint density at radius 1 is 1.33 bits per heavy atom. The minimum absolute atomic E-state index is 0.126. The van der Waals surface area contributed by atoms with Gasteiger partial charge in [0.1, 0.15) is 11.4 Å². The molecule has 0 radical (unpaired) electrons. The first-order valence-electron chi connectivity index (χ1n) is 5.83. The van der Waals surface area contributed by atoms with E-state index < -0.39 is 7.82 Å². The van der Waals surface area contributed by atoms with E-state index >= 15 is 0 Å². The molecular formula is C11H23N2O4P. The number of aryl methyl sites for hydroxylation is 2. The number of phosphoric acid groups is 1. The number of nitrogens with zero attached hydrogens (tertiary/aromatic N) is 2. The van der Waals surface area contributed by atoms with Crippen LogP contribution in [0.5, 0.6) is 0 Å². The van der Waals surface area contributed by atoms with Crippen LogP contribution in [0.2, 0.25) is 0 Å². The number of rotatable bonds is 4. The molecule has 18 heavy (non-hydrogen) atoms. The van der Waals surface area contributed by atoms with Crippen molar-refractivity contribution in [2.45, 2.75) is 27.7 Å². The van der Waals surface area contributed by atoms with Crippen LogP contribution in [0.4, 0.5) is 0 Å². The van der Waals surface area contributed by atoms with Gasteiger partial charge in [-0.25, -0.2) is 9.13 Å². The predicted octanol–water partition coefficient (Wildman–Crippen LogP) is 0.994. The molecule has 1 aromatic heterocycles. The average Bonchev–Trinajstić information content (AvgIpc) is 2.46. The summed E-state index contributed by atoms with van der Waals surface area (Å²) in [5, 5.41) is 0. The van der Waals surface area contributed by atoms with Gasteiger partial charge in [-0.05, 0) is 13.8 Å². The molecule has 0 atom stereocenters. The summed E-state index contributed by atoms with van der Waals surface area (Å²) in [6, 6.07) is 0. The van der Waals surface area contributed by atoms with Crippen LogP contribution in [0.25, 0.3) is 0 Å². The maximum atomic E-state index is 10.4. The lowest BCUT2D eigenvalue weighted by atomic mass is 10.4. The number of hydrogen-bond donors (Lipinski definition) is 0. The molecule has 0 bridgehead atoms. The second kappa shape index (κ2) is 7.69. The normalized spacial score (nSPS) is 11.1. The fourth-order valence-corrected chi connectivity index (χ4v) is 2.00. The Morgan fingerprint density at radius 3 is 1.94 bits per heavy atom. The molecule has 0 fully saturated rings. The van der Waals surface area contributed by atoms with Crippen LogP contribution in [0.3, 0.4) is 0 Å². The van der Waals surface area contributed by atoms with E-state index in [1.807, 2.05) is 0 Å². The molecule has 0 aliphatic heterocycles. The van der Waals surface area contributed by atoms with E-state index in [4.69, 9.17) is 0 Å². The maximum absolute atomic E-state index is 10.4. The van der Waals surface area contributed by atoms with Crippen LogP contribution in [0.15, 0.2) is 6.33 Å². The SMILES string of the molecule is CCOP(=O)([O-])OCC.Cc1c(C)[n+](C)cn1C. The Morgan fingerprint density at radius 2 is 1.78 bits per heavy atom. The molecule has 0 aliphatic rings. The van der Waals surface area contributed by atoms with Gasteiger partial charge in [0, 0.05) is 13.8 Å². The molecule has 0 amide bonds. The van der Waals surface area contributed by atoms with Crippen LogP contribution >= 0.6 is 7.82 Å². The predicted molar refractivity (Wildman–Crippen MR) is 66.9 cm³/mol. The third-order valence-corrected chi connectivity index (χ3v) is 3.65. The van der Waals surface area contributed by atoms with Crippen molar-refractivity contribution in [1.82, 2.24) is 4.57 Å². The second-order valence-electron chi connectivity index (χ2n) is 3.79. The van der Waals surface area contributed by atoms with Crippen molar-refractivity contribution in [2.75, 3.05) is 13.2 Å². The van der Waals surface area contributed by atoms with Crippen molar-refractivity contribution in [3.8, 4) is 0 Å². The van der Waals surface area contributed by atoms with Gasteiger partial charge in [-0.2, -0.15) is 0 Å². The van der Waals surface area contributed by atoms with Gasteiger partial charge >= 0.3 is 0 Å². The van der Waals surface area contributed by atoms with Gasteiger partial charge in [0.15, 0.2) is 0 Å². The zero-order valence-electron chi connectivity index (χ0n) is 12.0. The van der Waals surface area contributed by atoms with Crippen LogP contribution in [-0.4, -0.2) is 17.8 Å². The summed E-state index contributed by atoms with van der Waals surface area (Å²) < 4.78 is 23.1. The fraction of sp³-hybridized carbons (Fsp3) is 0.727. The lowest BCUT2D eigenvalue weighted by Crippen LogP contribution is -2.28. The minimum atomic E-state index is -3.94. The van der Waals surface area contributed by atoms with E-state index in [0.717, 1.165) is 0 Å². The van der Waals surface area contributed by atoms with Gasteiger partial charge in [0.2, 0.25) is 6.33 Å². The monoisotopic (exact) mass is 278 g/mol. The van der Waals surface area contributed by atoms with Crippen molar-refractivity contribution in [2.24, 2.45) is 14.1 Å². The zero-order valence-corrected chi connectivity index (χ0v) is 12.9. The Hall–Kier alpha value is -0.680. The number of hydrogen-bond acceptors (Lipinski definition) is 4. The number of imidazole rings is 1. The summed E-state index contributed by atoms with van der Waals surface area (Å²) in [4.78, 5) is 10.4. The Kier molecular flexibility index (Phi) is 7.40. The molecule has 0 saturated carbocycles. The molecule has 1 aromatic rings. The lowest BCUT2D eigenvalue weighted by molar-refractivity contribution is -0.677. The van der Waals surface area contributed by atoms with Gasteiger partial charge in [-0.15, -0.1) is 0 Å². The van der Waals surface area contributed by atoms with Gasteiger partial charge in [-0.1, -0.05) is 0 Å². The first-order chi connectivity index (χ1) is 8.25. The summed E-state index contributed by atoms with van der Waals surface area (Å²) in [6.07, 6.45) is 2.07. The van der Waals surface area contributed by atoms with Crippen molar-refractivity contribution >= 4 is 7.82 Å². The standard InChI is InChI=1S/C7H13N2.C4H11O4P/c1-6-7(2)9(4)5-8(6)3;1-3-7-9(5,6)8-4-2/h5H,1-4H3;3-4H2,1-2H3,(H,5,6)/q+1;/p-1. The van der Waals surface area contributed by atoms with E-state index in [1.165, 1.54) is 11.4 Å². The second-order valence-corrected chi connectivity index (χ2v) is 5.20. The van der Waals surface area contributed by atoms with Crippen LogP contribution in [0.1, 0.15) is 25.2 Å². The van der Waals surface area contributed by atoms with Crippen LogP contribution in [0, 0.1) is 13.8 Å². The summed E-state index contributed by atoms with van der Waals surface area (Å²) in [6.45, 7) is 7.67. The Bertz CT molecular complexity index is 385. The average molecular weight is 278 g/mol. The fourth-order valence-electron chi connectivity index (χ4n) is 1.30. The van der Waals surface area contributed by atoms with Gasteiger partial charge in [-0.3, -0.25) is 4.57 Å². The molecule has 6 nitrogen and oxygen atoms in total. The van der Waals surface area contributed by atoms with Gasteiger partial charge < -0.3 is 13.9 Å². The van der Waals surface area contributed by atoms with Crippen LogP contribution < -0.4 is 9.46 Å². The lowest BCUT2D eigenvalue weighted by Gasteiger charge is -2.20. The molecule has 0 aliphatic carbocycles. The van der Waals surface area contributed by atoms with E-state index in [1.54, 1.807) is 13.8 Å². The molecule has 0 N–H and O–H groups in total. The topological polar surface area (TPSA) is 67.4 Å². The quantitative estimate of drug-likeness (QED) is 0.608. The summed E-state index contributed by atoms with van der Waals surface area (Å²) in [7, 11) is 0.173. The van der Waals surface area contributed by atoms with E-state index in [0.29, 0.717) is 0 Å². The molecule has 0 spiro atoms. The Balaban J connectivity index is 0.000000321. The molecule has 1 rings (SSSR count). The highest BCUT2D eigenvalue weighted by atomic mass is 31.2. The molecule has 0 aromatic carbocycles. The third kappa shape index (κ3) is 5.78. The van der Waals surface area contributed by atoms with Crippen molar-refractivity contribution in [3.05, 3.63) is 17.7 Å². The van der Waals surface area contributed by atoms with Crippen LogP contribution in [-0.2, 0) is 27.7 Å². The summed E-state index contributed by atoms with van der Waals surface area (Å²) in [5.74, 6) is 0. The highest BCUT2D eigenvalue weighted by Gasteiger charge is 2.07. The number of aromatic nitrogens is 2. The largest absolute Gasteiger partial charge is 0.756 e. The van der Waals surface area contributed by atoms with E-state index in [2.05, 4.69) is 52.5 Å². The summed E-state index contributed by atoms with van der Waals surface area (Å²) in [5.41, 5.74) is 2.66. The molecule has 106 valence electrons. The first-order valence-corrected chi connectivity index (χ1v) is 7.29. The van der Waals surface area contributed by atoms with Crippen molar-refractivity contribution in [1.29, 1.82) is 0 Å². The number of phosphoric ester groups is 1. The molecular weight excluding hydrogens is 255 g/mol. The van der Waals surface area contributed by atoms with Gasteiger partial charge in [0.05, 0.1) is 27.3 Å². The smallest absolute Gasteiger partial charge is 0.267 e. The third-order valence-electron chi connectivity index (χ3n) is 2.50. The molecule has 0 unspecified atom stereocenters. The summed E-state index contributed by atoms with van der Waals surface area (Å²) >= 11 is 0. The molecule has 7 heteroatoms. The zero-order chi connectivity index (χ0) is 14.3. The minimum Gasteiger partial charge on any atom is -0.756 e. The van der Waals surface area contributed by atoms with Gasteiger partial charge in [0.25, 0.3) is 7.82 Å². The maximum Gasteiger partial charge on any atom is 0.267 e. The molecule has 0 saturated heterocycles. The highest BCUT2D eigenvalue weighted by Crippen LogP contribution is 2.37. The molecule has 1 heterocycles. The van der Waals surface area contributed by atoms with Crippen molar-refractivity contribution in [3.63, 3.8) is 0 Å². The van der Waals surface area contributed by atoms with E-state index in [9.17, 15) is 9.46 Å². The van der Waals surface area contributed by atoms with Crippen molar-refractivity contribution < 1.29 is 23.1 Å². The van der Waals surface area contributed by atoms with E-state index in [-0.39, 0.29) is 13.2 Å². The Labute approximate surface area is 109 Å². The highest BCUT2D eigenvalue weighted by molar-refractivity contribution is 7.45.